The van der Waals surface area contributed by atoms with Crippen LogP contribution in [0.1, 0.15) is 34.0 Å². The number of alkyl carbamates (subject to hydrolysis) is 1. The number of allylic oxidation sites excluding steroid dienone is 3. The number of nitrogens with one attached hydrogen (secondary N) is 2. The lowest BCUT2D eigenvalue weighted by molar-refractivity contribution is 0.0816. The van der Waals surface area contributed by atoms with Crippen LogP contribution in [0.4, 0.5) is 4.79 Å². The molecule has 0 atom stereocenters. The maximum atomic E-state index is 11.7. The third kappa shape index (κ3) is 3.60. The second-order valence-electron chi connectivity index (χ2n) is 4.61. The van der Waals surface area contributed by atoms with Crippen LogP contribution in [0.25, 0.3) is 0 Å². The van der Waals surface area contributed by atoms with Crippen molar-refractivity contribution in [2.45, 2.75) is 38.7 Å². The van der Waals surface area contributed by atoms with Crippen LogP contribution in [0.3, 0.4) is 0 Å². The molecule has 0 saturated carbocycles. The Balaban J connectivity index is 0.00000162. The van der Waals surface area contributed by atoms with Gasteiger partial charge in [0, 0.05) is 7.12 Å². The van der Waals surface area contributed by atoms with Crippen LogP contribution in [-0.4, -0.2) is 25.3 Å². The quantitative estimate of drug-likeness (QED) is 0.776. The van der Waals surface area contributed by atoms with E-state index in [0.29, 0.717) is 0 Å². The standard InChI is InChI=1S/C13H20N2O2.H2/c1-10-4-2-3-5-12(10)15-13(16)17-11-6-8-14-9-7-11;/h3,5,11,14H,2,4,6-9H2,1H3,(H,15,16);1H. The predicted octanol–water partition coefficient (Wildman–Crippen LogP) is 2.33. The van der Waals surface area contributed by atoms with E-state index in [9.17, 15) is 4.79 Å². The van der Waals surface area contributed by atoms with Crippen LogP contribution in [0.5, 0.6) is 0 Å². The van der Waals surface area contributed by atoms with Crippen molar-refractivity contribution in [2.75, 3.05) is 13.1 Å². The van der Waals surface area contributed by atoms with Gasteiger partial charge >= 0.3 is 6.09 Å². The number of rotatable bonds is 2. The van der Waals surface area contributed by atoms with Crippen molar-refractivity contribution in [3.8, 4) is 0 Å². The van der Waals surface area contributed by atoms with Crippen molar-refractivity contribution in [3.05, 3.63) is 23.4 Å². The Hall–Kier alpha value is -1.29. The van der Waals surface area contributed by atoms with Crippen LogP contribution < -0.4 is 10.6 Å². The van der Waals surface area contributed by atoms with Gasteiger partial charge in [-0.15, -0.1) is 0 Å². The smallest absolute Gasteiger partial charge is 0.411 e. The summed E-state index contributed by atoms with van der Waals surface area (Å²) in [4.78, 5) is 11.7. The van der Waals surface area contributed by atoms with Crippen LogP contribution in [-0.2, 0) is 4.74 Å². The number of carbonyl (C=O) groups is 1. The molecular formula is C13H22N2O2. The molecule has 0 aromatic carbocycles. The highest BCUT2D eigenvalue weighted by atomic mass is 16.6. The molecule has 1 aliphatic heterocycles. The lowest BCUT2D eigenvalue weighted by atomic mass is 10.0. The molecule has 0 spiro atoms. The summed E-state index contributed by atoms with van der Waals surface area (Å²) in [7, 11) is 0. The Morgan fingerprint density at radius 2 is 2.29 bits per heavy atom. The van der Waals surface area contributed by atoms with E-state index in [0.717, 1.165) is 44.5 Å². The van der Waals surface area contributed by atoms with Crippen molar-refractivity contribution >= 4 is 6.09 Å². The molecule has 4 nitrogen and oxygen atoms in total. The molecule has 2 N–H and O–H groups in total. The number of carbonyl (C=O) groups excluding carboxylic acids is 1. The van der Waals surface area contributed by atoms with Gasteiger partial charge in [-0.25, -0.2) is 4.79 Å². The third-order valence-corrected chi connectivity index (χ3v) is 3.23. The van der Waals surface area contributed by atoms with E-state index in [1.807, 2.05) is 13.0 Å². The maximum absolute atomic E-state index is 11.7. The van der Waals surface area contributed by atoms with Gasteiger partial charge < -0.3 is 10.1 Å². The van der Waals surface area contributed by atoms with E-state index in [-0.39, 0.29) is 13.6 Å². The monoisotopic (exact) mass is 238 g/mol. The molecule has 0 bridgehead atoms. The van der Waals surface area contributed by atoms with E-state index in [1.165, 1.54) is 5.57 Å². The Morgan fingerprint density at radius 3 is 3.00 bits per heavy atom. The lowest BCUT2D eigenvalue weighted by Gasteiger charge is -2.23. The third-order valence-electron chi connectivity index (χ3n) is 3.23. The summed E-state index contributed by atoms with van der Waals surface area (Å²) in [5, 5.41) is 6.07. The van der Waals surface area contributed by atoms with Crippen LogP contribution >= 0.6 is 0 Å². The van der Waals surface area contributed by atoms with Gasteiger partial charge in [0.2, 0.25) is 0 Å². The van der Waals surface area contributed by atoms with E-state index in [2.05, 4.69) is 16.7 Å². The Kier molecular flexibility index (Phi) is 4.20. The molecule has 17 heavy (non-hydrogen) atoms. The molecule has 4 heteroatoms. The van der Waals surface area contributed by atoms with Gasteiger partial charge in [-0.1, -0.05) is 6.08 Å². The molecule has 2 rings (SSSR count). The summed E-state index contributed by atoms with van der Waals surface area (Å²) in [5.74, 6) is 0. The minimum atomic E-state index is -0.321. The van der Waals surface area contributed by atoms with Crippen molar-refractivity contribution < 1.29 is 11.0 Å². The molecule has 1 fully saturated rings. The lowest BCUT2D eigenvalue weighted by Crippen LogP contribution is -2.36. The summed E-state index contributed by atoms with van der Waals surface area (Å²) < 4.78 is 5.38. The fourth-order valence-corrected chi connectivity index (χ4v) is 2.13. The first-order chi connectivity index (χ1) is 8.25. The molecule has 1 amide bonds. The van der Waals surface area contributed by atoms with Gasteiger partial charge in [-0.3, -0.25) is 5.32 Å². The molecule has 0 aromatic rings. The first kappa shape index (κ1) is 12.2. The van der Waals surface area contributed by atoms with Crippen LogP contribution in [0.2, 0.25) is 0 Å². The van der Waals surface area contributed by atoms with Gasteiger partial charge in [0.05, 0.1) is 0 Å². The van der Waals surface area contributed by atoms with Crippen molar-refractivity contribution in [2.24, 2.45) is 0 Å². The fraction of sp³-hybridized carbons (Fsp3) is 0.615. The van der Waals surface area contributed by atoms with Gasteiger partial charge in [-0.05, 0) is 57.3 Å². The van der Waals surface area contributed by atoms with Crippen molar-refractivity contribution in [1.29, 1.82) is 0 Å². The zero-order valence-electron chi connectivity index (χ0n) is 10.3. The summed E-state index contributed by atoms with van der Waals surface area (Å²) >= 11 is 0. The molecule has 1 saturated heterocycles. The normalized spacial score (nSPS) is 21.5. The molecule has 2 aliphatic rings. The number of hydrogen-bond acceptors (Lipinski definition) is 3. The van der Waals surface area contributed by atoms with E-state index < -0.39 is 0 Å². The molecule has 1 aliphatic carbocycles. The number of hydrogen-bond donors (Lipinski definition) is 2. The van der Waals surface area contributed by atoms with Crippen molar-refractivity contribution in [3.63, 3.8) is 0 Å². The second kappa shape index (κ2) is 5.87. The second-order valence-corrected chi connectivity index (χ2v) is 4.61. The minimum Gasteiger partial charge on any atom is -0.446 e. The number of ether oxygens (including phenoxy) is 1. The highest BCUT2D eigenvalue weighted by molar-refractivity contribution is 5.70. The average molecular weight is 238 g/mol. The minimum absolute atomic E-state index is 0. The van der Waals surface area contributed by atoms with Crippen LogP contribution in [0, 0.1) is 0 Å². The van der Waals surface area contributed by atoms with E-state index >= 15 is 0 Å². The Bertz CT molecular complexity index is 347. The molecular weight excluding hydrogens is 216 g/mol. The SMILES string of the molecule is CC1=C(NC(=O)OC2CCNCC2)C=CCC1.[HH]. The van der Waals surface area contributed by atoms with Crippen molar-refractivity contribution in [1.82, 2.24) is 10.6 Å². The first-order valence-corrected chi connectivity index (χ1v) is 6.30. The highest BCUT2D eigenvalue weighted by Crippen LogP contribution is 2.16. The first-order valence-electron chi connectivity index (χ1n) is 6.30. The predicted molar refractivity (Wildman–Crippen MR) is 68.7 cm³/mol. The summed E-state index contributed by atoms with van der Waals surface area (Å²) in [6, 6.07) is 0. The average Bonchev–Trinajstić information content (AvgIpc) is 2.33. The number of piperidine rings is 1. The Morgan fingerprint density at radius 1 is 1.53 bits per heavy atom. The topological polar surface area (TPSA) is 50.4 Å². The highest BCUT2D eigenvalue weighted by Gasteiger charge is 2.18. The van der Waals surface area contributed by atoms with Gasteiger partial charge in [0.1, 0.15) is 6.10 Å². The molecule has 96 valence electrons. The molecule has 0 radical (unpaired) electrons. The Labute approximate surface area is 104 Å². The zero-order chi connectivity index (χ0) is 12.1. The molecule has 0 unspecified atom stereocenters. The largest absolute Gasteiger partial charge is 0.446 e. The van der Waals surface area contributed by atoms with Crippen LogP contribution in [0.15, 0.2) is 23.4 Å². The summed E-state index contributed by atoms with van der Waals surface area (Å²) in [5.41, 5.74) is 2.12. The summed E-state index contributed by atoms with van der Waals surface area (Å²) in [6.45, 7) is 3.91. The fourth-order valence-electron chi connectivity index (χ4n) is 2.13. The molecule has 1 heterocycles. The maximum Gasteiger partial charge on any atom is 0.411 e. The number of amides is 1. The molecule has 0 aromatic heterocycles. The zero-order valence-corrected chi connectivity index (χ0v) is 10.3. The van der Waals surface area contributed by atoms with Gasteiger partial charge in [0.25, 0.3) is 0 Å². The summed E-state index contributed by atoms with van der Waals surface area (Å²) in [6.07, 6.45) is 7.65. The van der Waals surface area contributed by atoms with E-state index in [4.69, 9.17) is 4.74 Å². The van der Waals surface area contributed by atoms with Gasteiger partial charge in [0.15, 0.2) is 0 Å². The van der Waals surface area contributed by atoms with E-state index in [1.54, 1.807) is 0 Å². The van der Waals surface area contributed by atoms with Gasteiger partial charge in [-0.2, -0.15) is 0 Å².